The van der Waals surface area contributed by atoms with Crippen molar-refractivity contribution in [1.82, 2.24) is 0 Å². The van der Waals surface area contributed by atoms with Gasteiger partial charge in [-0.05, 0) is 75.0 Å². The van der Waals surface area contributed by atoms with Gasteiger partial charge in [-0.1, -0.05) is 25.5 Å². The fourth-order valence-corrected chi connectivity index (χ4v) is 6.80. The van der Waals surface area contributed by atoms with E-state index in [0.717, 1.165) is 38.5 Å². The topological polar surface area (TPSA) is 46.5 Å². The molecule has 4 aliphatic rings. The molecule has 4 rings (SSSR count). The number of carbonyl (C=O) groups excluding carboxylic acids is 1. The highest BCUT2D eigenvalue weighted by molar-refractivity contribution is 5.87. The number of ketones is 1. The zero-order valence-corrected chi connectivity index (χ0v) is 16.1. The summed E-state index contributed by atoms with van der Waals surface area (Å²) < 4.78 is 5.57. The summed E-state index contributed by atoms with van der Waals surface area (Å²) >= 11 is 0. The molecule has 0 heterocycles. The number of Topliss-reactive ketones (excluding diaryl/α,β-unsaturated/α-hetero) is 1. The Kier molecular flexibility index (Phi) is 4.20. The van der Waals surface area contributed by atoms with E-state index in [9.17, 15) is 9.90 Å². The van der Waals surface area contributed by atoms with Crippen LogP contribution in [-0.2, 0) is 9.53 Å². The summed E-state index contributed by atoms with van der Waals surface area (Å²) in [7, 11) is 0. The van der Waals surface area contributed by atoms with E-state index < -0.39 is 5.60 Å². The third kappa shape index (κ3) is 2.56. The third-order valence-corrected chi connectivity index (χ3v) is 8.47. The van der Waals surface area contributed by atoms with Gasteiger partial charge in [0.2, 0.25) is 0 Å². The lowest BCUT2D eigenvalue weighted by molar-refractivity contribution is -0.128. The van der Waals surface area contributed by atoms with Crippen LogP contribution in [0, 0.1) is 28.6 Å². The van der Waals surface area contributed by atoms with Crippen molar-refractivity contribution in [3.63, 3.8) is 0 Å². The maximum atomic E-state index is 12.5. The minimum absolute atomic E-state index is 0.0955. The molecule has 0 unspecified atom stereocenters. The van der Waals surface area contributed by atoms with Crippen molar-refractivity contribution in [1.29, 1.82) is 0 Å². The molecule has 3 nitrogen and oxygen atoms in total. The first kappa shape index (κ1) is 17.7. The summed E-state index contributed by atoms with van der Waals surface area (Å²) in [6, 6.07) is 0. The molecule has 3 heteroatoms. The minimum Gasteiger partial charge on any atom is -0.387 e. The Morgan fingerprint density at radius 3 is 2.76 bits per heavy atom. The van der Waals surface area contributed by atoms with Gasteiger partial charge in [-0.2, -0.15) is 0 Å². The number of aliphatic hydroxyl groups is 1. The average molecular weight is 347 g/mol. The van der Waals surface area contributed by atoms with Crippen LogP contribution in [0.3, 0.4) is 0 Å². The van der Waals surface area contributed by atoms with Crippen molar-refractivity contribution in [2.24, 2.45) is 28.6 Å². The van der Waals surface area contributed by atoms with Crippen LogP contribution in [0.25, 0.3) is 0 Å². The molecular formula is C22H34O3. The predicted molar refractivity (Wildman–Crippen MR) is 98.2 cm³/mol. The van der Waals surface area contributed by atoms with Crippen molar-refractivity contribution < 1.29 is 14.6 Å². The van der Waals surface area contributed by atoms with Crippen molar-refractivity contribution in [3.8, 4) is 0 Å². The summed E-state index contributed by atoms with van der Waals surface area (Å²) in [5.74, 6) is 2.21. The lowest BCUT2D eigenvalue weighted by atomic mass is 9.48. The highest BCUT2D eigenvalue weighted by Crippen LogP contribution is 2.64. The molecule has 3 saturated carbocycles. The van der Waals surface area contributed by atoms with Crippen molar-refractivity contribution in [2.75, 3.05) is 13.2 Å². The highest BCUT2D eigenvalue weighted by Gasteiger charge is 2.58. The van der Waals surface area contributed by atoms with Gasteiger partial charge < -0.3 is 9.84 Å². The Labute approximate surface area is 152 Å². The second kappa shape index (κ2) is 5.92. The van der Waals surface area contributed by atoms with Gasteiger partial charge in [0.15, 0.2) is 0 Å². The van der Waals surface area contributed by atoms with Crippen LogP contribution in [0.1, 0.15) is 72.1 Å². The maximum Gasteiger partial charge on any atom is 0.139 e. The smallest absolute Gasteiger partial charge is 0.139 e. The zero-order valence-electron chi connectivity index (χ0n) is 16.1. The largest absolute Gasteiger partial charge is 0.387 e. The van der Waals surface area contributed by atoms with Gasteiger partial charge in [-0.3, -0.25) is 4.79 Å². The number of rotatable bonds is 3. The van der Waals surface area contributed by atoms with E-state index >= 15 is 0 Å². The average Bonchev–Trinajstić information content (AvgIpc) is 2.89. The standard InChI is InChI=1S/C22H34O3/c1-4-25-14-22(24)12-11-20(2)15(13-22)5-6-16-17-7-8-19(23)21(17,3)10-9-18(16)20/h9,15-17,24H,4-8,10-14H2,1-3H3/t15-,16-,17-,20-,21-,22+/m0/s1. The molecule has 0 aromatic carbocycles. The van der Waals surface area contributed by atoms with Crippen LogP contribution in [0.15, 0.2) is 11.6 Å². The van der Waals surface area contributed by atoms with E-state index in [4.69, 9.17) is 4.74 Å². The van der Waals surface area contributed by atoms with E-state index in [0.29, 0.717) is 36.8 Å². The van der Waals surface area contributed by atoms with Crippen LogP contribution in [-0.4, -0.2) is 29.7 Å². The summed E-state index contributed by atoms with van der Waals surface area (Å²) in [4.78, 5) is 12.5. The van der Waals surface area contributed by atoms with E-state index in [1.807, 2.05) is 6.92 Å². The molecule has 3 fully saturated rings. The number of hydrogen-bond donors (Lipinski definition) is 1. The summed E-state index contributed by atoms with van der Waals surface area (Å²) in [5.41, 5.74) is 1.12. The van der Waals surface area contributed by atoms with Gasteiger partial charge in [0, 0.05) is 18.4 Å². The molecule has 1 N–H and O–H groups in total. The van der Waals surface area contributed by atoms with Crippen molar-refractivity contribution in [2.45, 2.75) is 77.7 Å². The fraction of sp³-hybridized carbons (Fsp3) is 0.864. The second-order valence-electron chi connectivity index (χ2n) is 9.71. The SMILES string of the molecule is CCOC[C@@]1(O)CC[C@]2(C)C3=CC[C@]4(C)C(=O)CC[C@H]4[C@@H]3CC[C@H]2C1. The molecule has 0 aliphatic heterocycles. The van der Waals surface area contributed by atoms with Gasteiger partial charge in [0.05, 0.1) is 12.2 Å². The molecule has 4 aliphatic carbocycles. The quantitative estimate of drug-likeness (QED) is 0.776. The van der Waals surface area contributed by atoms with Gasteiger partial charge in [0.25, 0.3) is 0 Å². The van der Waals surface area contributed by atoms with E-state index in [1.54, 1.807) is 5.57 Å². The Morgan fingerprint density at radius 2 is 2.00 bits per heavy atom. The lowest BCUT2D eigenvalue weighted by Crippen LogP contribution is -2.52. The van der Waals surface area contributed by atoms with Gasteiger partial charge in [-0.25, -0.2) is 0 Å². The van der Waals surface area contributed by atoms with Crippen LogP contribution in [0.4, 0.5) is 0 Å². The molecule has 0 aromatic rings. The van der Waals surface area contributed by atoms with E-state index in [-0.39, 0.29) is 10.8 Å². The van der Waals surface area contributed by atoms with Crippen LogP contribution >= 0.6 is 0 Å². The second-order valence-corrected chi connectivity index (χ2v) is 9.71. The normalized spacial score (nSPS) is 49.2. The molecule has 0 spiro atoms. The molecule has 0 radical (unpaired) electrons. The first-order chi connectivity index (χ1) is 11.8. The molecule has 6 atom stereocenters. The number of fused-ring (bicyclic) bond motifs is 5. The van der Waals surface area contributed by atoms with Crippen molar-refractivity contribution in [3.05, 3.63) is 11.6 Å². The summed E-state index contributed by atoms with van der Waals surface area (Å²) in [6.07, 6.45) is 10.4. The van der Waals surface area contributed by atoms with Crippen LogP contribution < -0.4 is 0 Å². The summed E-state index contributed by atoms with van der Waals surface area (Å²) in [6.45, 7) is 7.81. The van der Waals surface area contributed by atoms with Gasteiger partial charge in [-0.15, -0.1) is 0 Å². The molecular weight excluding hydrogens is 312 g/mol. The first-order valence-electron chi connectivity index (χ1n) is 10.4. The Balaban J connectivity index is 1.59. The number of carbonyl (C=O) groups is 1. The number of allylic oxidation sites excluding steroid dienone is 2. The van der Waals surface area contributed by atoms with Gasteiger partial charge in [0.1, 0.15) is 5.78 Å². The zero-order chi connectivity index (χ0) is 17.9. The van der Waals surface area contributed by atoms with Crippen LogP contribution in [0.2, 0.25) is 0 Å². The molecule has 0 bridgehead atoms. The first-order valence-corrected chi connectivity index (χ1v) is 10.4. The number of ether oxygens (including phenoxy) is 1. The number of hydrogen-bond acceptors (Lipinski definition) is 3. The Bertz CT molecular complexity index is 596. The molecule has 0 saturated heterocycles. The van der Waals surface area contributed by atoms with Crippen LogP contribution in [0.5, 0.6) is 0 Å². The Hall–Kier alpha value is -0.670. The van der Waals surface area contributed by atoms with E-state index in [1.165, 1.54) is 12.8 Å². The molecule has 0 aromatic heterocycles. The fourth-order valence-electron chi connectivity index (χ4n) is 6.80. The van der Waals surface area contributed by atoms with Gasteiger partial charge >= 0.3 is 0 Å². The summed E-state index contributed by atoms with van der Waals surface area (Å²) in [5, 5.41) is 11.0. The minimum atomic E-state index is -0.639. The molecule has 140 valence electrons. The Morgan fingerprint density at radius 1 is 1.20 bits per heavy atom. The third-order valence-electron chi connectivity index (χ3n) is 8.47. The van der Waals surface area contributed by atoms with Crippen molar-refractivity contribution >= 4 is 5.78 Å². The molecule has 0 amide bonds. The maximum absolute atomic E-state index is 12.5. The lowest BCUT2D eigenvalue weighted by Gasteiger charge is -2.57. The highest BCUT2D eigenvalue weighted by atomic mass is 16.5. The van der Waals surface area contributed by atoms with E-state index in [2.05, 4.69) is 19.9 Å². The predicted octanol–water partition coefficient (Wildman–Crippen LogP) is 4.29. The molecule has 25 heavy (non-hydrogen) atoms. The monoisotopic (exact) mass is 346 g/mol.